The highest BCUT2D eigenvalue weighted by atomic mass is 16.5. The van der Waals surface area contributed by atoms with Gasteiger partial charge in [-0.3, -0.25) is 0 Å². The number of nitrogens with one attached hydrogen (secondary N) is 1. The number of ether oxygens (including phenoxy) is 2. The molecule has 2 N–H and O–H groups in total. The molecule has 0 amide bonds. The zero-order valence-corrected chi connectivity index (χ0v) is 14.6. The molecule has 0 aliphatic heterocycles. The van der Waals surface area contributed by atoms with E-state index in [4.69, 9.17) is 4.74 Å². The number of aromatic nitrogens is 1. The normalized spacial score (nSPS) is 12.9. The summed E-state index contributed by atoms with van der Waals surface area (Å²) in [4.78, 5) is 26.6. The van der Waals surface area contributed by atoms with Crippen LogP contribution in [-0.2, 0) is 26.1 Å². The van der Waals surface area contributed by atoms with Gasteiger partial charge in [0.15, 0.2) is 6.10 Å². The van der Waals surface area contributed by atoms with E-state index in [2.05, 4.69) is 30.5 Å². The lowest BCUT2D eigenvalue weighted by Gasteiger charge is -2.19. The first-order valence-electron chi connectivity index (χ1n) is 7.68. The Bertz CT molecular complexity index is 770. The highest BCUT2D eigenvalue weighted by Gasteiger charge is 2.25. The Hall–Kier alpha value is -2.34. The van der Waals surface area contributed by atoms with E-state index in [1.165, 1.54) is 14.2 Å². The van der Waals surface area contributed by atoms with Crippen LogP contribution in [0.5, 0.6) is 0 Å². The van der Waals surface area contributed by atoms with Gasteiger partial charge in [-0.15, -0.1) is 0 Å². The van der Waals surface area contributed by atoms with Crippen molar-refractivity contribution in [3.05, 3.63) is 35.0 Å². The molecule has 130 valence electrons. The number of rotatable bonds is 4. The van der Waals surface area contributed by atoms with Crippen molar-refractivity contribution in [1.82, 2.24) is 4.98 Å². The van der Waals surface area contributed by atoms with Crippen molar-refractivity contribution in [2.24, 2.45) is 0 Å². The summed E-state index contributed by atoms with van der Waals surface area (Å²) in [6, 6.07) is 5.84. The minimum absolute atomic E-state index is 0.0370. The maximum atomic E-state index is 12.1. The monoisotopic (exact) mass is 333 g/mol. The standard InChI is InChI=1S/C18H23NO5/c1-18(2,3)10-6-7-13-11(8-10)12(9-14(20)16(21)23-4)15(19-13)17(22)24-5/h6-8,14,19-20H,9H2,1-5H3. The zero-order chi connectivity index (χ0) is 18.1. The maximum Gasteiger partial charge on any atom is 0.354 e. The van der Waals surface area contributed by atoms with E-state index in [1.807, 2.05) is 18.2 Å². The molecule has 1 aromatic heterocycles. The first kappa shape index (κ1) is 18.0. The van der Waals surface area contributed by atoms with Crippen LogP contribution in [0.3, 0.4) is 0 Å². The Morgan fingerprint density at radius 1 is 1.21 bits per heavy atom. The van der Waals surface area contributed by atoms with Crippen molar-refractivity contribution in [3.8, 4) is 0 Å². The average Bonchev–Trinajstić information content (AvgIpc) is 2.90. The van der Waals surface area contributed by atoms with Gasteiger partial charge in [-0.1, -0.05) is 26.8 Å². The van der Waals surface area contributed by atoms with Gasteiger partial charge in [-0.05, 0) is 28.7 Å². The van der Waals surface area contributed by atoms with Crippen LogP contribution in [0.15, 0.2) is 18.2 Å². The molecule has 0 spiro atoms. The zero-order valence-electron chi connectivity index (χ0n) is 14.6. The van der Waals surface area contributed by atoms with Crippen LogP contribution in [-0.4, -0.2) is 42.4 Å². The maximum absolute atomic E-state index is 12.1. The fraction of sp³-hybridized carbons (Fsp3) is 0.444. The summed E-state index contributed by atoms with van der Waals surface area (Å²) in [5.41, 5.74) is 2.53. The number of carbonyl (C=O) groups is 2. The van der Waals surface area contributed by atoms with Gasteiger partial charge in [0.25, 0.3) is 0 Å². The summed E-state index contributed by atoms with van der Waals surface area (Å²) >= 11 is 0. The lowest BCUT2D eigenvalue weighted by atomic mass is 9.86. The van der Waals surface area contributed by atoms with E-state index in [0.717, 1.165) is 16.5 Å². The average molecular weight is 333 g/mol. The van der Waals surface area contributed by atoms with Gasteiger partial charge in [0.1, 0.15) is 5.69 Å². The van der Waals surface area contributed by atoms with Crippen molar-refractivity contribution in [3.63, 3.8) is 0 Å². The largest absolute Gasteiger partial charge is 0.467 e. The third-order valence-corrected chi connectivity index (χ3v) is 4.03. The van der Waals surface area contributed by atoms with Crippen molar-refractivity contribution >= 4 is 22.8 Å². The van der Waals surface area contributed by atoms with Gasteiger partial charge < -0.3 is 19.6 Å². The molecule has 1 atom stereocenters. The molecule has 0 saturated carbocycles. The third kappa shape index (κ3) is 3.43. The number of aromatic amines is 1. The molecular formula is C18H23NO5. The van der Waals surface area contributed by atoms with Crippen molar-refractivity contribution < 1.29 is 24.2 Å². The van der Waals surface area contributed by atoms with Gasteiger partial charge in [0.2, 0.25) is 0 Å². The van der Waals surface area contributed by atoms with Gasteiger partial charge >= 0.3 is 11.9 Å². The molecule has 2 rings (SSSR count). The second kappa shape index (κ2) is 6.65. The Kier molecular flexibility index (Phi) is 4.99. The van der Waals surface area contributed by atoms with Crippen LogP contribution < -0.4 is 0 Å². The van der Waals surface area contributed by atoms with E-state index >= 15 is 0 Å². The second-order valence-corrected chi connectivity index (χ2v) is 6.72. The van der Waals surface area contributed by atoms with Gasteiger partial charge in [0.05, 0.1) is 14.2 Å². The Morgan fingerprint density at radius 2 is 1.88 bits per heavy atom. The first-order valence-corrected chi connectivity index (χ1v) is 7.68. The number of fused-ring (bicyclic) bond motifs is 1. The number of hydrogen-bond donors (Lipinski definition) is 2. The fourth-order valence-electron chi connectivity index (χ4n) is 2.62. The number of aliphatic hydroxyl groups excluding tert-OH is 1. The van der Waals surface area contributed by atoms with E-state index in [-0.39, 0.29) is 17.5 Å². The van der Waals surface area contributed by atoms with E-state index < -0.39 is 18.0 Å². The van der Waals surface area contributed by atoms with Crippen LogP contribution in [0.4, 0.5) is 0 Å². The molecule has 1 unspecified atom stereocenters. The Balaban J connectivity index is 2.61. The molecule has 24 heavy (non-hydrogen) atoms. The number of H-pyrrole nitrogens is 1. The molecule has 0 aliphatic rings. The minimum Gasteiger partial charge on any atom is -0.467 e. The van der Waals surface area contributed by atoms with E-state index in [0.29, 0.717) is 5.56 Å². The van der Waals surface area contributed by atoms with Crippen LogP contribution >= 0.6 is 0 Å². The summed E-state index contributed by atoms with van der Waals surface area (Å²) in [6.45, 7) is 6.26. The van der Waals surface area contributed by atoms with Gasteiger partial charge in [-0.2, -0.15) is 0 Å². The molecule has 6 heteroatoms. The van der Waals surface area contributed by atoms with Crippen molar-refractivity contribution in [1.29, 1.82) is 0 Å². The molecule has 6 nitrogen and oxygen atoms in total. The highest BCUT2D eigenvalue weighted by Crippen LogP contribution is 2.30. The Labute approximate surface area is 140 Å². The van der Waals surface area contributed by atoms with Gasteiger partial charge in [0, 0.05) is 17.3 Å². The van der Waals surface area contributed by atoms with Crippen LogP contribution in [0, 0.1) is 0 Å². The number of methoxy groups -OCH3 is 2. The number of aliphatic hydroxyl groups is 1. The SMILES string of the molecule is COC(=O)c1[nH]c2ccc(C(C)(C)C)cc2c1CC(O)C(=O)OC. The molecule has 1 aromatic carbocycles. The van der Waals surface area contributed by atoms with Crippen molar-refractivity contribution in [2.75, 3.05) is 14.2 Å². The number of esters is 2. The third-order valence-electron chi connectivity index (χ3n) is 4.03. The lowest BCUT2D eigenvalue weighted by Crippen LogP contribution is -2.25. The molecule has 0 aliphatic carbocycles. The van der Waals surface area contributed by atoms with Crippen LogP contribution in [0.1, 0.15) is 42.4 Å². The minimum atomic E-state index is -1.35. The topological polar surface area (TPSA) is 88.6 Å². The fourth-order valence-corrected chi connectivity index (χ4v) is 2.62. The van der Waals surface area contributed by atoms with Crippen LogP contribution in [0.2, 0.25) is 0 Å². The molecule has 0 bridgehead atoms. The summed E-state index contributed by atoms with van der Waals surface area (Å²) < 4.78 is 9.37. The molecule has 2 aromatic rings. The lowest BCUT2D eigenvalue weighted by molar-refractivity contribution is -0.150. The number of hydrogen-bond acceptors (Lipinski definition) is 5. The number of carbonyl (C=O) groups excluding carboxylic acids is 2. The predicted octanol–water partition coefficient (Wildman–Crippen LogP) is 2.33. The summed E-state index contributed by atoms with van der Waals surface area (Å²) in [5, 5.41) is 10.8. The molecule has 0 fully saturated rings. The summed E-state index contributed by atoms with van der Waals surface area (Å²) in [6.07, 6.45) is -1.39. The van der Waals surface area contributed by atoms with Gasteiger partial charge in [-0.25, -0.2) is 9.59 Å². The molecular weight excluding hydrogens is 310 g/mol. The number of benzene rings is 1. The quantitative estimate of drug-likeness (QED) is 0.838. The van der Waals surface area contributed by atoms with Crippen LogP contribution in [0.25, 0.3) is 10.9 Å². The predicted molar refractivity (Wildman–Crippen MR) is 90.1 cm³/mol. The van der Waals surface area contributed by atoms with E-state index in [1.54, 1.807) is 0 Å². The van der Waals surface area contributed by atoms with E-state index in [9.17, 15) is 14.7 Å². The Morgan fingerprint density at radius 3 is 2.42 bits per heavy atom. The van der Waals surface area contributed by atoms with Crippen molar-refractivity contribution in [2.45, 2.75) is 38.7 Å². The highest BCUT2D eigenvalue weighted by molar-refractivity contribution is 5.99. The molecule has 0 saturated heterocycles. The smallest absolute Gasteiger partial charge is 0.354 e. The summed E-state index contributed by atoms with van der Waals surface area (Å²) in [7, 11) is 2.49. The molecule has 1 heterocycles. The summed E-state index contributed by atoms with van der Waals surface area (Å²) in [5.74, 6) is -1.29. The first-order chi connectivity index (χ1) is 11.2. The molecule has 0 radical (unpaired) electrons. The second-order valence-electron chi connectivity index (χ2n) is 6.72.